The van der Waals surface area contributed by atoms with Crippen LogP contribution in [0, 0.1) is 11.6 Å². The Morgan fingerprint density at radius 3 is 2.71 bits per heavy atom. The maximum atomic E-state index is 13.5. The lowest BCUT2D eigenvalue weighted by Gasteiger charge is -2.15. The Morgan fingerprint density at radius 2 is 1.93 bits per heavy atom. The number of hydrogen-bond donors (Lipinski definition) is 2. The number of ether oxygens (including phenoxy) is 3. The first-order chi connectivity index (χ1) is 13.4. The number of rotatable bonds is 7. The number of carbonyl (C=O) groups is 2. The second-order valence-corrected chi connectivity index (χ2v) is 6.11. The van der Waals surface area contributed by atoms with E-state index in [1.54, 1.807) is 19.1 Å². The predicted octanol–water partition coefficient (Wildman–Crippen LogP) is 2.01. The summed E-state index contributed by atoms with van der Waals surface area (Å²) in [6.45, 7) is 1.48. The first-order valence-corrected chi connectivity index (χ1v) is 8.47. The van der Waals surface area contributed by atoms with E-state index in [0.717, 1.165) is 6.07 Å². The van der Waals surface area contributed by atoms with Gasteiger partial charge in [-0.05, 0) is 37.3 Å². The van der Waals surface area contributed by atoms with Crippen molar-refractivity contribution in [1.29, 1.82) is 0 Å². The number of carbonyl (C=O) groups excluding carboxylic acids is 2. The smallest absolute Gasteiger partial charge is 0.251 e. The highest BCUT2D eigenvalue weighted by Crippen LogP contribution is 2.32. The molecule has 1 aliphatic heterocycles. The molecule has 2 N–H and O–H groups in total. The summed E-state index contributed by atoms with van der Waals surface area (Å²) in [5.41, 5.74) is 0.334. The quantitative estimate of drug-likeness (QED) is 0.753. The van der Waals surface area contributed by atoms with Gasteiger partial charge < -0.3 is 24.8 Å². The topological polar surface area (TPSA) is 85.9 Å². The van der Waals surface area contributed by atoms with Crippen molar-refractivity contribution in [3.05, 3.63) is 53.6 Å². The van der Waals surface area contributed by atoms with Gasteiger partial charge in [0.2, 0.25) is 12.7 Å². The van der Waals surface area contributed by atoms with Crippen molar-refractivity contribution in [1.82, 2.24) is 10.6 Å². The first kappa shape index (κ1) is 19.4. The van der Waals surface area contributed by atoms with Crippen LogP contribution < -0.4 is 24.8 Å². The minimum atomic E-state index is -0.825. The van der Waals surface area contributed by atoms with Crippen molar-refractivity contribution in [2.45, 2.75) is 13.0 Å². The third kappa shape index (κ3) is 4.87. The summed E-state index contributed by atoms with van der Waals surface area (Å²) in [6, 6.07) is 7.21. The predicted molar refractivity (Wildman–Crippen MR) is 94.4 cm³/mol. The molecule has 1 atom stereocenters. The molecular weight excluding hydrogens is 374 g/mol. The molecular formula is C19H18F2N2O5. The molecule has 2 aromatic carbocycles. The molecule has 148 valence electrons. The van der Waals surface area contributed by atoms with E-state index in [2.05, 4.69) is 10.6 Å². The monoisotopic (exact) mass is 392 g/mol. The van der Waals surface area contributed by atoms with E-state index in [4.69, 9.17) is 14.2 Å². The summed E-state index contributed by atoms with van der Waals surface area (Å²) in [4.78, 5) is 24.1. The van der Waals surface area contributed by atoms with Gasteiger partial charge in [-0.15, -0.1) is 0 Å². The van der Waals surface area contributed by atoms with Gasteiger partial charge in [0, 0.05) is 11.6 Å². The van der Waals surface area contributed by atoms with Gasteiger partial charge in [-0.3, -0.25) is 9.59 Å². The molecule has 0 bridgehead atoms. The minimum absolute atomic E-state index is 0.0234. The summed E-state index contributed by atoms with van der Waals surface area (Å²) < 4.78 is 42.0. The van der Waals surface area contributed by atoms with Crippen molar-refractivity contribution in [2.75, 3.05) is 19.9 Å². The van der Waals surface area contributed by atoms with Crippen molar-refractivity contribution in [3.63, 3.8) is 0 Å². The van der Waals surface area contributed by atoms with Crippen LogP contribution in [0.4, 0.5) is 8.78 Å². The fourth-order valence-electron chi connectivity index (χ4n) is 2.47. The second kappa shape index (κ2) is 8.55. The van der Waals surface area contributed by atoms with Gasteiger partial charge in [0.05, 0.1) is 12.6 Å². The van der Waals surface area contributed by atoms with Crippen LogP contribution >= 0.6 is 0 Å². The van der Waals surface area contributed by atoms with Gasteiger partial charge in [-0.2, -0.15) is 0 Å². The minimum Gasteiger partial charge on any atom is -0.488 e. The molecule has 0 spiro atoms. The van der Waals surface area contributed by atoms with E-state index in [1.165, 1.54) is 12.1 Å². The molecule has 0 aromatic heterocycles. The molecule has 9 heteroatoms. The highest BCUT2D eigenvalue weighted by molar-refractivity contribution is 5.97. The highest BCUT2D eigenvalue weighted by atomic mass is 19.1. The molecule has 0 fully saturated rings. The van der Waals surface area contributed by atoms with Crippen LogP contribution in [0.5, 0.6) is 17.2 Å². The molecule has 1 aliphatic rings. The Balaban J connectivity index is 1.42. The first-order valence-electron chi connectivity index (χ1n) is 8.47. The molecule has 0 aliphatic carbocycles. The summed E-state index contributed by atoms with van der Waals surface area (Å²) in [6.07, 6.45) is 0. The molecule has 0 saturated heterocycles. The Kier molecular flexibility index (Phi) is 5.93. The van der Waals surface area contributed by atoms with E-state index in [0.29, 0.717) is 23.1 Å². The normalized spacial score (nSPS) is 13.0. The van der Waals surface area contributed by atoms with Crippen LogP contribution in [-0.4, -0.2) is 37.8 Å². The maximum Gasteiger partial charge on any atom is 0.251 e. The molecule has 1 unspecified atom stereocenters. The zero-order valence-electron chi connectivity index (χ0n) is 15.0. The lowest BCUT2D eigenvalue weighted by Crippen LogP contribution is -2.43. The van der Waals surface area contributed by atoms with Crippen molar-refractivity contribution in [3.8, 4) is 17.2 Å². The van der Waals surface area contributed by atoms with Crippen molar-refractivity contribution >= 4 is 11.8 Å². The van der Waals surface area contributed by atoms with Gasteiger partial charge in [-0.1, -0.05) is 0 Å². The van der Waals surface area contributed by atoms with Crippen LogP contribution in [-0.2, 0) is 4.79 Å². The van der Waals surface area contributed by atoms with Gasteiger partial charge in [0.25, 0.3) is 5.91 Å². The number of nitrogens with one attached hydrogen (secondary N) is 2. The maximum absolute atomic E-state index is 13.5. The fourth-order valence-corrected chi connectivity index (χ4v) is 2.47. The summed E-state index contributed by atoms with van der Waals surface area (Å²) >= 11 is 0. The summed E-state index contributed by atoms with van der Waals surface area (Å²) in [5.74, 6) is -1.50. The molecule has 2 aromatic rings. The standard InChI is InChI=1S/C19H18F2N2O5/c1-11(9-26-15-5-3-13(20)7-14(15)21)23-18(24)8-22-19(25)12-2-4-16-17(6-12)28-10-27-16/h2-7,11H,8-10H2,1H3,(H,22,25)(H,23,24). The number of amides is 2. The largest absolute Gasteiger partial charge is 0.488 e. The average molecular weight is 392 g/mol. The Morgan fingerprint density at radius 1 is 1.14 bits per heavy atom. The van der Waals surface area contributed by atoms with Gasteiger partial charge in [0.15, 0.2) is 23.1 Å². The lowest BCUT2D eigenvalue weighted by molar-refractivity contribution is -0.120. The Labute approximate surface area is 159 Å². The number of benzene rings is 2. The van der Waals surface area contributed by atoms with E-state index in [-0.39, 0.29) is 25.7 Å². The highest BCUT2D eigenvalue weighted by Gasteiger charge is 2.17. The molecule has 0 saturated carbocycles. The van der Waals surface area contributed by atoms with E-state index < -0.39 is 29.5 Å². The van der Waals surface area contributed by atoms with Crippen molar-refractivity contribution in [2.24, 2.45) is 0 Å². The van der Waals surface area contributed by atoms with Gasteiger partial charge >= 0.3 is 0 Å². The number of hydrogen-bond acceptors (Lipinski definition) is 5. The summed E-state index contributed by atoms with van der Waals surface area (Å²) in [7, 11) is 0. The average Bonchev–Trinajstić information content (AvgIpc) is 3.13. The van der Waals surface area contributed by atoms with E-state index in [1.807, 2.05) is 0 Å². The lowest BCUT2D eigenvalue weighted by atomic mass is 10.2. The zero-order chi connectivity index (χ0) is 20.1. The van der Waals surface area contributed by atoms with E-state index in [9.17, 15) is 18.4 Å². The summed E-state index contributed by atoms with van der Waals surface area (Å²) in [5, 5.41) is 5.10. The molecule has 7 nitrogen and oxygen atoms in total. The third-order valence-corrected chi connectivity index (χ3v) is 3.83. The van der Waals surface area contributed by atoms with Crippen LogP contribution in [0.15, 0.2) is 36.4 Å². The molecule has 0 radical (unpaired) electrons. The molecule has 28 heavy (non-hydrogen) atoms. The third-order valence-electron chi connectivity index (χ3n) is 3.83. The second-order valence-electron chi connectivity index (χ2n) is 6.11. The van der Waals surface area contributed by atoms with Gasteiger partial charge in [-0.25, -0.2) is 8.78 Å². The van der Waals surface area contributed by atoms with Crippen LogP contribution in [0.25, 0.3) is 0 Å². The van der Waals surface area contributed by atoms with E-state index >= 15 is 0 Å². The Hall–Kier alpha value is -3.36. The fraction of sp³-hybridized carbons (Fsp3) is 0.263. The number of fused-ring (bicyclic) bond motifs is 1. The zero-order valence-corrected chi connectivity index (χ0v) is 15.0. The van der Waals surface area contributed by atoms with Crippen LogP contribution in [0.1, 0.15) is 17.3 Å². The SMILES string of the molecule is CC(COc1ccc(F)cc1F)NC(=O)CNC(=O)c1ccc2c(c1)OCO2. The van der Waals surface area contributed by atoms with Crippen molar-refractivity contribution < 1.29 is 32.6 Å². The molecule has 1 heterocycles. The van der Waals surface area contributed by atoms with Crippen LogP contribution in [0.3, 0.4) is 0 Å². The molecule has 2 amide bonds. The van der Waals surface area contributed by atoms with Gasteiger partial charge in [0.1, 0.15) is 12.4 Å². The van der Waals surface area contributed by atoms with Crippen LogP contribution in [0.2, 0.25) is 0 Å². The number of halogens is 2. The molecule has 3 rings (SSSR count). The Bertz CT molecular complexity index is 891.